The Kier molecular flexibility index (Phi) is 7.93. The maximum absolute atomic E-state index is 5.03. The summed E-state index contributed by atoms with van der Waals surface area (Å²) in [6.07, 6.45) is 3.11. The second-order valence-corrected chi connectivity index (χ2v) is 1.28. The fourth-order valence-corrected chi connectivity index (χ4v) is 0.376. The van der Waals surface area contributed by atoms with Gasteiger partial charge in [0.15, 0.2) is 0 Å². The van der Waals surface area contributed by atoms with E-state index in [1.807, 2.05) is 0 Å². The zero-order valence-electron chi connectivity index (χ0n) is 5.02. The number of rotatable bonds is 1. The van der Waals surface area contributed by atoms with Crippen LogP contribution in [-0.2, 0) is 0 Å². The average molecular weight is 183 g/mol. The zero-order chi connectivity index (χ0) is 5.82. The van der Waals surface area contributed by atoms with Gasteiger partial charge in [-0.1, -0.05) is 0 Å². The van der Waals surface area contributed by atoms with E-state index in [1.165, 1.54) is 0 Å². The Morgan fingerprint density at radius 2 is 2.00 bits per heavy atom. The van der Waals surface area contributed by atoms with Crippen molar-refractivity contribution in [3.8, 4) is 0 Å². The molecule has 4 nitrogen and oxygen atoms in total. The van der Waals surface area contributed by atoms with Gasteiger partial charge >= 0.3 is 0 Å². The highest BCUT2D eigenvalue weighted by atomic mass is 35.5. The van der Waals surface area contributed by atoms with Crippen LogP contribution in [0.2, 0.25) is 0 Å². The van der Waals surface area contributed by atoms with Crippen LogP contribution >= 0.6 is 24.8 Å². The van der Waals surface area contributed by atoms with E-state index in [2.05, 4.69) is 15.6 Å². The number of nitrogens with zero attached hydrogens (tertiary/aromatic N) is 2. The minimum absolute atomic E-state index is 0. The molecule has 58 valence electrons. The minimum Gasteiger partial charge on any atom is -0.323 e. The normalized spacial score (nSPS) is 6.90. The third kappa shape index (κ3) is 3.45. The van der Waals surface area contributed by atoms with Crippen molar-refractivity contribution in [2.75, 3.05) is 5.43 Å². The SMILES string of the molecule is Cl.Cl.NNc1ccnnc1. The molecule has 1 aromatic heterocycles. The Morgan fingerprint density at radius 1 is 1.30 bits per heavy atom. The molecule has 0 saturated heterocycles. The lowest BCUT2D eigenvalue weighted by Crippen LogP contribution is -2.06. The first-order valence-corrected chi connectivity index (χ1v) is 2.17. The predicted molar refractivity (Wildman–Crippen MR) is 44.3 cm³/mol. The van der Waals surface area contributed by atoms with Crippen LogP contribution in [0.1, 0.15) is 0 Å². The van der Waals surface area contributed by atoms with E-state index in [9.17, 15) is 0 Å². The molecular formula is C4H8Cl2N4. The summed E-state index contributed by atoms with van der Waals surface area (Å²) in [5.41, 5.74) is 3.19. The molecule has 10 heavy (non-hydrogen) atoms. The zero-order valence-corrected chi connectivity index (χ0v) is 6.65. The number of halogens is 2. The van der Waals surface area contributed by atoms with Gasteiger partial charge in [-0.2, -0.15) is 10.2 Å². The molecule has 0 aliphatic rings. The third-order valence-electron chi connectivity index (χ3n) is 0.751. The quantitative estimate of drug-likeness (QED) is 0.494. The second kappa shape index (κ2) is 6.54. The van der Waals surface area contributed by atoms with Gasteiger partial charge in [0.05, 0.1) is 18.1 Å². The number of hydrogen-bond acceptors (Lipinski definition) is 4. The van der Waals surface area contributed by atoms with Gasteiger partial charge in [0.1, 0.15) is 0 Å². The fraction of sp³-hybridized carbons (Fsp3) is 0. The van der Waals surface area contributed by atoms with E-state index in [1.54, 1.807) is 18.5 Å². The van der Waals surface area contributed by atoms with Crippen molar-refractivity contribution < 1.29 is 0 Å². The molecule has 0 amide bonds. The van der Waals surface area contributed by atoms with Crippen LogP contribution < -0.4 is 11.3 Å². The molecule has 0 aliphatic heterocycles. The summed E-state index contributed by atoms with van der Waals surface area (Å²) in [6, 6.07) is 1.73. The number of nitrogens with one attached hydrogen (secondary N) is 1. The Balaban J connectivity index is 0. The molecule has 3 N–H and O–H groups in total. The van der Waals surface area contributed by atoms with E-state index >= 15 is 0 Å². The molecule has 0 fully saturated rings. The van der Waals surface area contributed by atoms with Crippen LogP contribution in [0.5, 0.6) is 0 Å². The Hall–Kier alpha value is -0.580. The molecule has 0 aliphatic carbocycles. The van der Waals surface area contributed by atoms with Crippen molar-refractivity contribution in [3.05, 3.63) is 18.5 Å². The lowest BCUT2D eigenvalue weighted by molar-refractivity contribution is 1.03. The standard InChI is InChI=1S/C4H6N4.2ClH/c5-8-4-1-2-6-7-3-4;;/h1-3H,5H2,(H,6,8);2*1H. The van der Waals surface area contributed by atoms with Gasteiger partial charge in [-0.25, -0.2) is 0 Å². The van der Waals surface area contributed by atoms with Gasteiger partial charge in [-0.3, -0.25) is 5.84 Å². The molecule has 6 heteroatoms. The molecule has 0 aromatic carbocycles. The van der Waals surface area contributed by atoms with E-state index in [0.29, 0.717) is 0 Å². The molecular weight excluding hydrogens is 175 g/mol. The molecule has 0 spiro atoms. The maximum atomic E-state index is 5.03. The van der Waals surface area contributed by atoms with Crippen LogP contribution in [0, 0.1) is 0 Å². The van der Waals surface area contributed by atoms with Crippen LogP contribution in [-0.4, -0.2) is 10.2 Å². The molecule has 0 radical (unpaired) electrons. The number of nitrogens with two attached hydrogens (primary N) is 1. The molecule has 0 bridgehead atoms. The number of hydrogen-bond donors (Lipinski definition) is 2. The van der Waals surface area contributed by atoms with Gasteiger partial charge in [0.2, 0.25) is 0 Å². The molecule has 1 heterocycles. The summed E-state index contributed by atoms with van der Waals surface area (Å²) in [4.78, 5) is 0. The van der Waals surface area contributed by atoms with Crippen LogP contribution in [0.4, 0.5) is 5.69 Å². The Labute approximate surface area is 71.0 Å². The van der Waals surface area contributed by atoms with E-state index in [4.69, 9.17) is 5.84 Å². The molecule has 0 atom stereocenters. The van der Waals surface area contributed by atoms with Crippen LogP contribution in [0.3, 0.4) is 0 Å². The van der Waals surface area contributed by atoms with Crippen molar-refractivity contribution in [3.63, 3.8) is 0 Å². The van der Waals surface area contributed by atoms with E-state index in [0.717, 1.165) is 5.69 Å². The Morgan fingerprint density at radius 3 is 2.30 bits per heavy atom. The fourth-order valence-electron chi connectivity index (χ4n) is 0.376. The first-order valence-electron chi connectivity index (χ1n) is 2.17. The predicted octanol–water partition coefficient (Wildman–Crippen LogP) is 0.606. The summed E-state index contributed by atoms with van der Waals surface area (Å²) in [7, 11) is 0. The van der Waals surface area contributed by atoms with Gasteiger partial charge in [0, 0.05) is 0 Å². The lowest BCUT2D eigenvalue weighted by atomic mass is 10.5. The van der Waals surface area contributed by atoms with Gasteiger partial charge in [-0.15, -0.1) is 24.8 Å². The number of hydrazine groups is 1. The first kappa shape index (κ1) is 12.1. The highest BCUT2D eigenvalue weighted by molar-refractivity contribution is 5.85. The van der Waals surface area contributed by atoms with Crippen molar-refractivity contribution in [2.45, 2.75) is 0 Å². The van der Waals surface area contributed by atoms with Gasteiger partial charge < -0.3 is 5.43 Å². The third-order valence-corrected chi connectivity index (χ3v) is 0.751. The smallest absolute Gasteiger partial charge is 0.0741 e. The monoisotopic (exact) mass is 182 g/mol. The molecule has 1 aromatic rings. The van der Waals surface area contributed by atoms with Crippen molar-refractivity contribution in [1.29, 1.82) is 0 Å². The number of nitrogen functional groups attached to an aromatic ring is 1. The summed E-state index contributed by atoms with van der Waals surface area (Å²) in [6.45, 7) is 0. The highest BCUT2D eigenvalue weighted by Crippen LogP contribution is 1.95. The average Bonchev–Trinajstić information content (AvgIpc) is 1.90. The minimum atomic E-state index is 0. The van der Waals surface area contributed by atoms with Crippen LogP contribution in [0.15, 0.2) is 18.5 Å². The largest absolute Gasteiger partial charge is 0.323 e. The summed E-state index contributed by atoms with van der Waals surface area (Å²) in [5, 5.41) is 7.11. The first-order chi connectivity index (χ1) is 3.93. The lowest BCUT2D eigenvalue weighted by Gasteiger charge is -1.92. The van der Waals surface area contributed by atoms with Gasteiger partial charge in [-0.05, 0) is 6.07 Å². The Bertz CT molecular complexity index is 157. The summed E-state index contributed by atoms with van der Waals surface area (Å²) in [5.74, 6) is 5.03. The van der Waals surface area contributed by atoms with Crippen molar-refractivity contribution >= 4 is 30.5 Å². The topological polar surface area (TPSA) is 63.8 Å². The van der Waals surface area contributed by atoms with Crippen molar-refractivity contribution in [1.82, 2.24) is 10.2 Å². The van der Waals surface area contributed by atoms with E-state index in [-0.39, 0.29) is 24.8 Å². The summed E-state index contributed by atoms with van der Waals surface area (Å²) >= 11 is 0. The molecule has 0 saturated carbocycles. The maximum Gasteiger partial charge on any atom is 0.0741 e. The number of aromatic nitrogens is 2. The second-order valence-electron chi connectivity index (χ2n) is 1.28. The number of anilines is 1. The van der Waals surface area contributed by atoms with Crippen LogP contribution in [0.25, 0.3) is 0 Å². The van der Waals surface area contributed by atoms with Crippen molar-refractivity contribution in [2.24, 2.45) is 5.84 Å². The summed E-state index contributed by atoms with van der Waals surface area (Å²) < 4.78 is 0. The highest BCUT2D eigenvalue weighted by Gasteiger charge is 1.80. The molecule has 0 unspecified atom stereocenters. The van der Waals surface area contributed by atoms with Gasteiger partial charge in [0.25, 0.3) is 0 Å². The molecule has 1 rings (SSSR count). The van der Waals surface area contributed by atoms with E-state index < -0.39 is 0 Å².